The Balaban J connectivity index is 2.00. The molecule has 0 spiro atoms. The summed E-state index contributed by atoms with van der Waals surface area (Å²) in [6.45, 7) is 0.420. The fourth-order valence-corrected chi connectivity index (χ4v) is 2.13. The minimum absolute atomic E-state index is 0.0339. The SMILES string of the molecule is COc1cc(C(=O)OCC2(N(C)C)CC2)ccc1Cl. The minimum Gasteiger partial charge on any atom is -0.495 e. The first-order chi connectivity index (χ1) is 8.98. The van der Waals surface area contributed by atoms with E-state index in [4.69, 9.17) is 21.1 Å². The lowest BCUT2D eigenvalue weighted by Crippen LogP contribution is -2.35. The number of carbonyl (C=O) groups excluding carboxylic acids is 1. The Kier molecular flexibility index (Phi) is 4.02. The van der Waals surface area contributed by atoms with Gasteiger partial charge in [-0.2, -0.15) is 0 Å². The Bertz CT molecular complexity index is 484. The van der Waals surface area contributed by atoms with Gasteiger partial charge in [-0.1, -0.05) is 11.6 Å². The minimum atomic E-state index is -0.344. The monoisotopic (exact) mass is 283 g/mol. The zero-order chi connectivity index (χ0) is 14.0. The Morgan fingerprint density at radius 3 is 2.63 bits per heavy atom. The van der Waals surface area contributed by atoms with Crippen LogP contribution in [0.25, 0.3) is 0 Å². The van der Waals surface area contributed by atoms with Crippen LogP contribution in [0.2, 0.25) is 5.02 Å². The van der Waals surface area contributed by atoms with Crippen LogP contribution in [0.1, 0.15) is 23.2 Å². The van der Waals surface area contributed by atoms with Crippen molar-refractivity contribution in [1.82, 2.24) is 4.90 Å². The van der Waals surface area contributed by atoms with E-state index in [9.17, 15) is 4.79 Å². The summed E-state index contributed by atoms with van der Waals surface area (Å²) in [5.41, 5.74) is 0.488. The number of nitrogens with zero attached hydrogens (tertiary/aromatic N) is 1. The van der Waals surface area contributed by atoms with Gasteiger partial charge in [0.25, 0.3) is 0 Å². The maximum Gasteiger partial charge on any atom is 0.338 e. The Labute approximate surface area is 118 Å². The highest BCUT2D eigenvalue weighted by Gasteiger charge is 2.46. The molecule has 0 unspecified atom stereocenters. The standard InChI is InChI=1S/C14H18ClNO3/c1-16(2)14(6-7-14)9-19-13(17)10-4-5-11(15)12(8-10)18-3/h4-5,8H,6-7,9H2,1-3H3. The molecule has 4 nitrogen and oxygen atoms in total. The highest BCUT2D eigenvalue weighted by Crippen LogP contribution is 2.40. The lowest BCUT2D eigenvalue weighted by molar-refractivity contribution is 0.0368. The van der Waals surface area contributed by atoms with Crippen LogP contribution in [0, 0.1) is 0 Å². The van der Waals surface area contributed by atoms with E-state index >= 15 is 0 Å². The van der Waals surface area contributed by atoms with Gasteiger partial charge in [0.2, 0.25) is 0 Å². The third-order valence-electron chi connectivity index (χ3n) is 3.63. The summed E-state index contributed by atoms with van der Waals surface area (Å²) in [5, 5.41) is 0.478. The fourth-order valence-electron chi connectivity index (χ4n) is 1.93. The molecule has 0 radical (unpaired) electrons. The van der Waals surface area contributed by atoms with Crippen molar-refractivity contribution in [1.29, 1.82) is 0 Å². The molecular weight excluding hydrogens is 266 g/mol. The summed E-state index contributed by atoms with van der Waals surface area (Å²) >= 11 is 5.92. The van der Waals surface area contributed by atoms with Gasteiger partial charge in [0.1, 0.15) is 12.4 Å². The number of rotatable bonds is 5. The Hall–Kier alpha value is -1.26. The van der Waals surface area contributed by atoms with Crippen molar-refractivity contribution in [2.75, 3.05) is 27.8 Å². The second-order valence-electron chi connectivity index (χ2n) is 5.04. The normalized spacial score (nSPS) is 16.3. The lowest BCUT2D eigenvalue weighted by atomic mass is 10.2. The van der Waals surface area contributed by atoms with Crippen LogP contribution < -0.4 is 4.74 Å². The van der Waals surface area contributed by atoms with E-state index in [1.807, 2.05) is 14.1 Å². The van der Waals surface area contributed by atoms with Crippen molar-refractivity contribution in [3.8, 4) is 5.75 Å². The molecule has 2 rings (SSSR count). The van der Waals surface area contributed by atoms with Crippen LogP contribution in [0.3, 0.4) is 0 Å². The van der Waals surface area contributed by atoms with E-state index < -0.39 is 0 Å². The van der Waals surface area contributed by atoms with E-state index in [0.717, 1.165) is 12.8 Å². The van der Waals surface area contributed by atoms with Gasteiger partial charge in [-0.15, -0.1) is 0 Å². The average Bonchev–Trinajstić information content (AvgIpc) is 3.17. The number of benzene rings is 1. The number of esters is 1. The van der Waals surface area contributed by atoms with Crippen molar-refractivity contribution in [3.63, 3.8) is 0 Å². The molecule has 0 saturated heterocycles. The second kappa shape index (κ2) is 5.39. The zero-order valence-corrected chi connectivity index (χ0v) is 12.2. The van der Waals surface area contributed by atoms with Gasteiger partial charge in [0.15, 0.2) is 0 Å². The molecule has 0 amide bonds. The van der Waals surface area contributed by atoms with Crippen LogP contribution >= 0.6 is 11.6 Å². The molecule has 5 heteroatoms. The third kappa shape index (κ3) is 3.01. The van der Waals surface area contributed by atoms with E-state index in [2.05, 4.69) is 4.90 Å². The summed E-state index contributed by atoms with van der Waals surface area (Å²) in [6.07, 6.45) is 2.13. The topological polar surface area (TPSA) is 38.8 Å². The van der Waals surface area contributed by atoms with E-state index in [1.54, 1.807) is 18.2 Å². The summed E-state index contributed by atoms with van der Waals surface area (Å²) in [7, 11) is 5.53. The number of halogens is 1. The summed E-state index contributed by atoms with van der Waals surface area (Å²) in [4.78, 5) is 14.1. The van der Waals surface area contributed by atoms with Crippen molar-refractivity contribution in [2.24, 2.45) is 0 Å². The number of carbonyl (C=O) groups is 1. The quantitative estimate of drug-likeness (QED) is 0.779. The first-order valence-electron chi connectivity index (χ1n) is 6.17. The summed E-state index contributed by atoms with van der Waals surface area (Å²) < 4.78 is 10.5. The van der Waals surface area contributed by atoms with Gasteiger partial charge in [-0.25, -0.2) is 4.79 Å². The van der Waals surface area contributed by atoms with Gasteiger partial charge in [-0.05, 0) is 45.1 Å². The second-order valence-corrected chi connectivity index (χ2v) is 5.45. The maximum absolute atomic E-state index is 12.0. The van der Waals surface area contributed by atoms with Crippen LogP contribution in [0.4, 0.5) is 0 Å². The van der Waals surface area contributed by atoms with Crippen LogP contribution in [-0.2, 0) is 4.74 Å². The molecule has 1 saturated carbocycles. The molecule has 1 aliphatic rings. The zero-order valence-electron chi connectivity index (χ0n) is 11.4. The van der Waals surface area contributed by atoms with E-state index in [0.29, 0.717) is 22.9 Å². The first kappa shape index (κ1) is 14.2. The molecule has 0 aromatic heterocycles. The first-order valence-corrected chi connectivity index (χ1v) is 6.54. The van der Waals surface area contributed by atoms with Crippen LogP contribution in [0.15, 0.2) is 18.2 Å². The lowest BCUT2D eigenvalue weighted by Gasteiger charge is -2.23. The third-order valence-corrected chi connectivity index (χ3v) is 3.95. The molecule has 0 N–H and O–H groups in total. The van der Waals surface area contributed by atoms with Gasteiger partial charge < -0.3 is 14.4 Å². The Morgan fingerprint density at radius 2 is 2.11 bits per heavy atom. The molecule has 0 atom stereocenters. The van der Waals surface area contributed by atoms with Gasteiger partial charge in [-0.3, -0.25) is 0 Å². The van der Waals surface area contributed by atoms with E-state index in [-0.39, 0.29) is 11.5 Å². The summed E-state index contributed by atoms with van der Waals surface area (Å²) in [5.74, 6) is 0.132. The van der Waals surface area contributed by atoms with Gasteiger partial charge in [0.05, 0.1) is 23.2 Å². The molecule has 1 aromatic rings. The fraction of sp³-hybridized carbons (Fsp3) is 0.500. The van der Waals surface area contributed by atoms with Gasteiger partial charge in [0, 0.05) is 0 Å². The van der Waals surface area contributed by atoms with Gasteiger partial charge >= 0.3 is 5.97 Å². The average molecular weight is 284 g/mol. The molecule has 0 heterocycles. The maximum atomic E-state index is 12.0. The molecular formula is C14H18ClNO3. The molecule has 1 aromatic carbocycles. The van der Waals surface area contributed by atoms with Crippen molar-refractivity contribution in [2.45, 2.75) is 18.4 Å². The highest BCUT2D eigenvalue weighted by molar-refractivity contribution is 6.32. The number of methoxy groups -OCH3 is 1. The molecule has 0 bridgehead atoms. The number of hydrogen-bond acceptors (Lipinski definition) is 4. The number of ether oxygens (including phenoxy) is 2. The van der Waals surface area contributed by atoms with Crippen LogP contribution in [0.5, 0.6) is 5.75 Å². The number of likely N-dealkylation sites (N-methyl/N-ethyl adjacent to an activating group) is 1. The smallest absolute Gasteiger partial charge is 0.338 e. The number of hydrogen-bond donors (Lipinski definition) is 0. The predicted octanol–water partition coefficient (Wildman–Crippen LogP) is 2.60. The molecule has 19 heavy (non-hydrogen) atoms. The largest absolute Gasteiger partial charge is 0.495 e. The molecule has 1 aliphatic carbocycles. The van der Waals surface area contributed by atoms with E-state index in [1.165, 1.54) is 7.11 Å². The van der Waals surface area contributed by atoms with Crippen molar-refractivity contribution < 1.29 is 14.3 Å². The molecule has 0 aliphatic heterocycles. The van der Waals surface area contributed by atoms with Crippen molar-refractivity contribution >= 4 is 17.6 Å². The Morgan fingerprint density at radius 1 is 1.42 bits per heavy atom. The van der Waals surface area contributed by atoms with Crippen LogP contribution in [-0.4, -0.2) is 44.2 Å². The predicted molar refractivity (Wildman–Crippen MR) is 73.9 cm³/mol. The highest BCUT2D eigenvalue weighted by atomic mass is 35.5. The van der Waals surface area contributed by atoms with Crippen molar-refractivity contribution in [3.05, 3.63) is 28.8 Å². The molecule has 1 fully saturated rings. The summed E-state index contributed by atoms with van der Waals surface area (Å²) in [6, 6.07) is 4.87. The molecule has 104 valence electrons.